The number of rotatable bonds is 13. The van der Waals surface area contributed by atoms with Gasteiger partial charge in [-0.3, -0.25) is 4.90 Å². The van der Waals surface area contributed by atoms with Crippen molar-refractivity contribution < 1.29 is 0 Å². The zero-order valence-electron chi connectivity index (χ0n) is 22.3. The molecule has 0 unspecified atom stereocenters. The summed E-state index contributed by atoms with van der Waals surface area (Å²) in [5, 5.41) is 0. The first-order valence-electron chi connectivity index (χ1n) is 13.7. The first kappa shape index (κ1) is 25.9. The van der Waals surface area contributed by atoms with Gasteiger partial charge in [-0.05, 0) is 36.9 Å². The molecule has 0 aliphatic rings. The van der Waals surface area contributed by atoms with Crippen molar-refractivity contribution in [2.75, 3.05) is 6.54 Å². The van der Waals surface area contributed by atoms with Crippen LogP contribution >= 0.6 is 0 Å². The molecule has 0 bridgehead atoms. The fourth-order valence-corrected chi connectivity index (χ4v) is 4.78. The van der Waals surface area contributed by atoms with Crippen molar-refractivity contribution in [1.29, 1.82) is 0 Å². The van der Waals surface area contributed by atoms with Crippen molar-refractivity contribution in [3.8, 4) is 22.6 Å². The van der Waals surface area contributed by atoms with Gasteiger partial charge in [0.1, 0.15) is 5.82 Å². The monoisotopic (exact) mass is 479 g/mol. The van der Waals surface area contributed by atoms with Crippen LogP contribution in [0.5, 0.6) is 0 Å². The molecule has 0 saturated carbocycles. The minimum atomic E-state index is 0.892. The largest absolute Gasteiger partial charge is 0.326 e. The molecular formula is C33H41N3. The number of benzene rings is 3. The van der Waals surface area contributed by atoms with E-state index in [0.29, 0.717) is 0 Å². The molecule has 36 heavy (non-hydrogen) atoms. The van der Waals surface area contributed by atoms with E-state index in [1.54, 1.807) is 0 Å². The third kappa shape index (κ3) is 6.53. The summed E-state index contributed by atoms with van der Waals surface area (Å²) in [5.41, 5.74) is 7.61. The van der Waals surface area contributed by atoms with Crippen LogP contribution in [0.2, 0.25) is 0 Å². The average molecular weight is 480 g/mol. The molecule has 1 heterocycles. The van der Waals surface area contributed by atoms with Crippen LogP contribution in [0.3, 0.4) is 0 Å². The van der Waals surface area contributed by atoms with E-state index in [0.717, 1.165) is 57.0 Å². The lowest BCUT2D eigenvalue weighted by Gasteiger charge is -2.24. The highest BCUT2D eigenvalue weighted by Crippen LogP contribution is 2.31. The molecule has 0 spiro atoms. The molecule has 0 aliphatic carbocycles. The first-order chi connectivity index (χ1) is 17.7. The molecule has 0 amide bonds. The molecule has 188 valence electrons. The molecule has 1 aromatic heterocycles. The number of aromatic nitrogens is 2. The average Bonchev–Trinajstić information content (AvgIpc) is 3.29. The highest BCUT2D eigenvalue weighted by Gasteiger charge is 2.21. The van der Waals surface area contributed by atoms with Crippen LogP contribution < -0.4 is 0 Å². The van der Waals surface area contributed by atoms with Gasteiger partial charge in [0.05, 0.1) is 11.4 Å². The Bertz CT molecular complexity index is 1180. The molecule has 3 heteroatoms. The van der Waals surface area contributed by atoms with Crippen molar-refractivity contribution >= 4 is 0 Å². The van der Waals surface area contributed by atoms with E-state index in [9.17, 15) is 0 Å². The molecule has 3 nitrogen and oxygen atoms in total. The van der Waals surface area contributed by atoms with Crippen LogP contribution in [0.4, 0.5) is 0 Å². The van der Waals surface area contributed by atoms with Crippen LogP contribution in [0.25, 0.3) is 22.6 Å². The molecule has 0 atom stereocenters. The van der Waals surface area contributed by atoms with Gasteiger partial charge in [0.25, 0.3) is 0 Å². The molecule has 0 saturated heterocycles. The zero-order chi connectivity index (χ0) is 25.2. The summed E-state index contributed by atoms with van der Waals surface area (Å²) >= 11 is 0. The van der Waals surface area contributed by atoms with Gasteiger partial charge in [0.2, 0.25) is 0 Å². The summed E-state index contributed by atoms with van der Waals surface area (Å²) in [6, 6.07) is 30.6. The quantitative estimate of drug-likeness (QED) is 0.192. The lowest BCUT2D eigenvalue weighted by molar-refractivity contribution is 0.246. The molecule has 0 N–H and O–H groups in total. The lowest BCUT2D eigenvalue weighted by atomic mass is 10.1. The molecule has 0 aliphatic heterocycles. The standard InChI is InChI=1S/C33H41N3/c1-4-7-23-35(25-28-21-19-27(6-3)20-22-28)26-31-32(29-15-11-9-12-16-29)34-33(36(31)24-8-5-2)30-17-13-10-14-18-30/h9-22H,4-8,23-26H2,1-3H3. The fraction of sp³-hybridized carbons (Fsp3) is 0.364. The highest BCUT2D eigenvalue weighted by atomic mass is 15.2. The lowest BCUT2D eigenvalue weighted by Crippen LogP contribution is -2.26. The van der Waals surface area contributed by atoms with E-state index >= 15 is 0 Å². The van der Waals surface area contributed by atoms with Crippen LogP contribution in [0.1, 0.15) is 63.3 Å². The minimum Gasteiger partial charge on any atom is -0.326 e. The molecule has 4 aromatic rings. The summed E-state index contributed by atoms with van der Waals surface area (Å²) in [6.45, 7) is 10.7. The maximum Gasteiger partial charge on any atom is 0.140 e. The van der Waals surface area contributed by atoms with Crippen molar-refractivity contribution in [2.45, 2.75) is 72.5 Å². The molecule has 4 rings (SSSR count). The number of imidazole rings is 1. The second kappa shape index (κ2) is 13.2. The second-order valence-electron chi connectivity index (χ2n) is 9.70. The maximum absolute atomic E-state index is 5.30. The summed E-state index contributed by atoms with van der Waals surface area (Å²) in [7, 11) is 0. The van der Waals surface area contributed by atoms with Crippen molar-refractivity contribution in [1.82, 2.24) is 14.5 Å². The van der Waals surface area contributed by atoms with Crippen LogP contribution in [-0.4, -0.2) is 21.0 Å². The minimum absolute atomic E-state index is 0.892. The number of hydrogen-bond donors (Lipinski definition) is 0. The Morgan fingerprint density at radius 1 is 0.667 bits per heavy atom. The number of hydrogen-bond acceptors (Lipinski definition) is 2. The van der Waals surface area contributed by atoms with Crippen LogP contribution in [-0.2, 0) is 26.1 Å². The summed E-state index contributed by atoms with van der Waals surface area (Å²) < 4.78 is 2.50. The second-order valence-corrected chi connectivity index (χ2v) is 9.70. The van der Waals surface area contributed by atoms with Gasteiger partial charge < -0.3 is 4.57 Å². The van der Waals surface area contributed by atoms with E-state index in [1.165, 1.54) is 40.8 Å². The van der Waals surface area contributed by atoms with E-state index in [2.05, 4.69) is 115 Å². The van der Waals surface area contributed by atoms with E-state index in [-0.39, 0.29) is 0 Å². The third-order valence-corrected chi connectivity index (χ3v) is 6.93. The van der Waals surface area contributed by atoms with Gasteiger partial charge in [-0.1, -0.05) is 119 Å². The number of aryl methyl sites for hydroxylation is 1. The molecular weight excluding hydrogens is 438 g/mol. The summed E-state index contributed by atoms with van der Waals surface area (Å²) in [4.78, 5) is 7.92. The number of nitrogens with zero attached hydrogens (tertiary/aromatic N) is 3. The third-order valence-electron chi connectivity index (χ3n) is 6.93. The molecule has 0 radical (unpaired) electrons. The predicted molar refractivity (Wildman–Crippen MR) is 153 cm³/mol. The van der Waals surface area contributed by atoms with Crippen LogP contribution in [0, 0.1) is 0 Å². The van der Waals surface area contributed by atoms with E-state index in [4.69, 9.17) is 4.98 Å². The Labute approximate surface area is 217 Å². The van der Waals surface area contributed by atoms with Crippen molar-refractivity contribution in [2.24, 2.45) is 0 Å². The Balaban J connectivity index is 1.76. The number of unbranched alkanes of at least 4 members (excludes halogenated alkanes) is 2. The van der Waals surface area contributed by atoms with Gasteiger partial charge in [0.15, 0.2) is 0 Å². The zero-order valence-corrected chi connectivity index (χ0v) is 22.3. The van der Waals surface area contributed by atoms with Gasteiger partial charge in [-0.15, -0.1) is 0 Å². The Morgan fingerprint density at radius 2 is 1.28 bits per heavy atom. The van der Waals surface area contributed by atoms with E-state index < -0.39 is 0 Å². The first-order valence-corrected chi connectivity index (χ1v) is 13.7. The predicted octanol–water partition coefficient (Wildman–Crippen LogP) is 8.38. The molecule has 0 fully saturated rings. The fourth-order valence-electron chi connectivity index (χ4n) is 4.78. The van der Waals surface area contributed by atoms with Crippen molar-refractivity contribution in [3.05, 3.63) is 102 Å². The maximum atomic E-state index is 5.30. The SMILES string of the molecule is CCCCN(Cc1ccc(CC)cc1)Cc1c(-c2ccccc2)nc(-c2ccccc2)n1CCCC. The summed E-state index contributed by atoms with van der Waals surface area (Å²) in [6.07, 6.45) is 5.78. The Kier molecular flexibility index (Phi) is 9.52. The Morgan fingerprint density at radius 3 is 1.89 bits per heavy atom. The van der Waals surface area contributed by atoms with Gasteiger partial charge in [0, 0.05) is 30.8 Å². The Hall–Kier alpha value is -3.17. The van der Waals surface area contributed by atoms with E-state index in [1.807, 2.05) is 0 Å². The van der Waals surface area contributed by atoms with Gasteiger partial charge in [-0.2, -0.15) is 0 Å². The normalized spacial score (nSPS) is 11.3. The van der Waals surface area contributed by atoms with Crippen molar-refractivity contribution in [3.63, 3.8) is 0 Å². The highest BCUT2D eigenvalue weighted by molar-refractivity contribution is 5.68. The van der Waals surface area contributed by atoms with Gasteiger partial charge >= 0.3 is 0 Å². The van der Waals surface area contributed by atoms with Crippen LogP contribution in [0.15, 0.2) is 84.9 Å². The topological polar surface area (TPSA) is 21.1 Å². The smallest absolute Gasteiger partial charge is 0.140 e. The van der Waals surface area contributed by atoms with Gasteiger partial charge in [-0.25, -0.2) is 4.98 Å². The summed E-state index contributed by atoms with van der Waals surface area (Å²) in [5.74, 6) is 1.08. The molecule has 3 aromatic carbocycles.